The van der Waals surface area contributed by atoms with E-state index in [1.165, 1.54) is 83.3 Å². The summed E-state index contributed by atoms with van der Waals surface area (Å²) in [6.45, 7) is 9.07. The minimum absolute atomic E-state index is 0.302. The zero-order valence-electron chi connectivity index (χ0n) is 30.7. The number of aryl methyl sites for hydroxylation is 2. The van der Waals surface area contributed by atoms with Crippen LogP contribution in [-0.2, 0) is 26.0 Å². The van der Waals surface area contributed by atoms with Gasteiger partial charge in [0.05, 0.1) is 10.6 Å². The van der Waals surface area contributed by atoms with Crippen molar-refractivity contribution >= 4 is 11.6 Å². The fourth-order valence-corrected chi connectivity index (χ4v) is 8.35. The lowest BCUT2D eigenvalue weighted by Crippen LogP contribution is -2.52. The number of rotatable bonds is 13. The van der Waals surface area contributed by atoms with Gasteiger partial charge in [0.25, 0.3) is 0 Å². The quantitative estimate of drug-likeness (QED) is 0.131. The SMILES string of the molecule is Cc1c(COc2cc(CCc3cncc(C#N)c3)c(CNC3CC3)cc2Cl)cccc1-c1cccc(-c2ccc(OC3CN4CCC3CC4)cc2)c1C. The number of nitrogens with zero attached hydrogens (tertiary/aromatic N) is 3. The van der Waals surface area contributed by atoms with Crippen molar-refractivity contribution in [1.82, 2.24) is 15.2 Å². The summed E-state index contributed by atoms with van der Waals surface area (Å²) in [6.07, 6.45) is 10.3. The summed E-state index contributed by atoms with van der Waals surface area (Å²) in [5.41, 5.74) is 12.4. The van der Waals surface area contributed by atoms with Gasteiger partial charge < -0.3 is 14.8 Å². The molecule has 1 aliphatic carbocycles. The molecule has 0 radical (unpaired) electrons. The highest BCUT2D eigenvalue weighted by Gasteiger charge is 2.35. The van der Waals surface area contributed by atoms with Crippen LogP contribution in [0.2, 0.25) is 5.02 Å². The maximum absolute atomic E-state index is 9.34. The Kier molecular flexibility index (Phi) is 10.5. The summed E-state index contributed by atoms with van der Waals surface area (Å²) in [5, 5.41) is 13.6. The van der Waals surface area contributed by atoms with Gasteiger partial charge in [0.2, 0.25) is 0 Å². The van der Waals surface area contributed by atoms with Crippen LogP contribution in [-0.4, -0.2) is 41.7 Å². The van der Waals surface area contributed by atoms with E-state index in [1.54, 1.807) is 6.20 Å². The molecule has 270 valence electrons. The molecular formula is C46H47ClN4O2. The van der Waals surface area contributed by atoms with E-state index >= 15 is 0 Å². The third-order valence-corrected chi connectivity index (χ3v) is 11.8. The number of halogens is 1. The van der Waals surface area contributed by atoms with Crippen LogP contribution in [0.4, 0.5) is 0 Å². The summed E-state index contributed by atoms with van der Waals surface area (Å²) in [6, 6.07) is 30.6. The molecule has 53 heavy (non-hydrogen) atoms. The molecule has 7 heteroatoms. The average molecular weight is 723 g/mol. The van der Waals surface area contributed by atoms with Crippen LogP contribution in [0.1, 0.15) is 64.6 Å². The molecule has 1 N–H and O–H groups in total. The summed E-state index contributed by atoms with van der Waals surface area (Å²) < 4.78 is 13.0. The van der Waals surface area contributed by atoms with Crippen LogP contribution >= 0.6 is 11.6 Å². The van der Waals surface area contributed by atoms with Crippen LogP contribution in [0.5, 0.6) is 11.5 Å². The molecule has 1 saturated carbocycles. The molecule has 4 heterocycles. The van der Waals surface area contributed by atoms with E-state index in [-0.39, 0.29) is 0 Å². The summed E-state index contributed by atoms with van der Waals surface area (Å²) in [4.78, 5) is 6.79. The zero-order valence-corrected chi connectivity index (χ0v) is 31.5. The first kappa shape index (κ1) is 35.4. The highest BCUT2D eigenvalue weighted by Crippen LogP contribution is 2.37. The van der Waals surface area contributed by atoms with Crippen LogP contribution in [0.3, 0.4) is 0 Å². The van der Waals surface area contributed by atoms with E-state index in [4.69, 9.17) is 21.1 Å². The first-order valence-electron chi connectivity index (χ1n) is 19.1. The number of ether oxygens (including phenoxy) is 2. The van der Waals surface area contributed by atoms with Crippen molar-refractivity contribution in [3.63, 3.8) is 0 Å². The molecule has 4 aliphatic rings. The maximum atomic E-state index is 9.34. The van der Waals surface area contributed by atoms with E-state index in [9.17, 15) is 5.26 Å². The normalized spacial score (nSPS) is 19.2. The van der Waals surface area contributed by atoms with E-state index in [1.807, 2.05) is 12.3 Å². The Hall–Kier alpha value is -4.67. The zero-order chi connectivity index (χ0) is 36.3. The Morgan fingerprint density at radius 1 is 0.830 bits per heavy atom. The summed E-state index contributed by atoms with van der Waals surface area (Å²) in [5.74, 6) is 2.33. The maximum Gasteiger partial charge on any atom is 0.138 e. The Labute approximate surface area is 318 Å². The molecule has 0 amide bonds. The van der Waals surface area contributed by atoms with Gasteiger partial charge in [0.1, 0.15) is 30.3 Å². The molecule has 3 saturated heterocycles. The van der Waals surface area contributed by atoms with Gasteiger partial charge in [-0.05, 0) is 157 Å². The topological polar surface area (TPSA) is 70.4 Å². The van der Waals surface area contributed by atoms with Crippen LogP contribution in [0, 0.1) is 31.1 Å². The van der Waals surface area contributed by atoms with Crippen LogP contribution < -0.4 is 14.8 Å². The van der Waals surface area contributed by atoms with Gasteiger partial charge in [-0.2, -0.15) is 5.26 Å². The molecule has 1 atom stereocenters. The Morgan fingerprint density at radius 3 is 2.32 bits per heavy atom. The van der Waals surface area contributed by atoms with E-state index in [0.717, 1.165) is 42.8 Å². The van der Waals surface area contributed by atoms with Gasteiger partial charge in [0, 0.05) is 31.5 Å². The second-order valence-corrected chi connectivity index (χ2v) is 15.5. The number of nitrogens with one attached hydrogen (secondary N) is 1. The minimum atomic E-state index is 0.302. The van der Waals surface area contributed by atoms with Crippen molar-refractivity contribution in [3.8, 4) is 39.8 Å². The number of nitriles is 1. The van der Waals surface area contributed by atoms with E-state index in [2.05, 4.69) is 108 Å². The molecule has 1 aromatic heterocycles. The van der Waals surface area contributed by atoms with Crippen molar-refractivity contribution in [1.29, 1.82) is 5.26 Å². The smallest absolute Gasteiger partial charge is 0.138 e. The standard InChI is InChI=1S/C46H47ClN4O2/c1-30-37(29-52-45-23-36(10-9-32-21-33(24-48)26-49-25-32)38(22-44(45)47)27-50-39-13-14-39)5-3-7-42(30)43-8-4-6-41(31(43)2)34-11-15-40(16-12-34)53-46-28-51-19-17-35(46)18-20-51/h3-8,11-12,15-16,21-23,25-26,35,39,46,50H,9-10,13-14,17-20,27-29H2,1-2H3. The van der Waals surface area contributed by atoms with Gasteiger partial charge in [-0.15, -0.1) is 0 Å². The van der Waals surface area contributed by atoms with Crippen molar-refractivity contribution < 1.29 is 9.47 Å². The second kappa shape index (κ2) is 15.7. The molecule has 2 bridgehead atoms. The van der Waals surface area contributed by atoms with Gasteiger partial charge in [-0.25, -0.2) is 0 Å². The number of pyridine rings is 1. The number of piperidine rings is 3. The molecule has 4 fully saturated rings. The minimum Gasteiger partial charge on any atom is -0.489 e. The largest absolute Gasteiger partial charge is 0.489 e. The molecule has 5 aromatic rings. The molecule has 1 unspecified atom stereocenters. The molecular weight excluding hydrogens is 676 g/mol. The van der Waals surface area contributed by atoms with Gasteiger partial charge in [0.15, 0.2) is 0 Å². The predicted molar refractivity (Wildman–Crippen MR) is 212 cm³/mol. The molecule has 0 spiro atoms. The van der Waals surface area contributed by atoms with Crippen molar-refractivity contribution in [2.24, 2.45) is 5.92 Å². The fraction of sp³-hybridized carbons (Fsp3) is 0.348. The predicted octanol–water partition coefficient (Wildman–Crippen LogP) is 9.65. The first-order valence-corrected chi connectivity index (χ1v) is 19.5. The third kappa shape index (κ3) is 8.14. The fourth-order valence-electron chi connectivity index (χ4n) is 8.11. The highest BCUT2D eigenvalue weighted by atomic mass is 35.5. The molecule has 9 rings (SSSR count). The van der Waals surface area contributed by atoms with Gasteiger partial charge in [-0.3, -0.25) is 9.88 Å². The lowest BCUT2D eigenvalue weighted by Gasteiger charge is -2.44. The van der Waals surface area contributed by atoms with Crippen LogP contribution in [0.25, 0.3) is 22.3 Å². The molecule has 6 nitrogen and oxygen atoms in total. The van der Waals surface area contributed by atoms with Crippen molar-refractivity contribution in [2.75, 3.05) is 19.6 Å². The van der Waals surface area contributed by atoms with E-state index < -0.39 is 0 Å². The number of benzene rings is 4. The number of hydrogen-bond acceptors (Lipinski definition) is 6. The average Bonchev–Trinajstić information content (AvgIpc) is 4.03. The van der Waals surface area contributed by atoms with Crippen molar-refractivity contribution in [3.05, 3.63) is 135 Å². The number of hydrogen-bond donors (Lipinski definition) is 1. The monoisotopic (exact) mass is 722 g/mol. The number of aromatic nitrogens is 1. The van der Waals surface area contributed by atoms with Gasteiger partial charge in [-0.1, -0.05) is 60.1 Å². The van der Waals surface area contributed by atoms with Crippen LogP contribution in [0.15, 0.2) is 91.3 Å². The highest BCUT2D eigenvalue weighted by molar-refractivity contribution is 6.32. The Morgan fingerprint density at radius 2 is 1.58 bits per heavy atom. The molecule has 4 aromatic carbocycles. The second-order valence-electron chi connectivity index (χ2n) is 15.1. The van der Waals surface area contributed by atoms with Gasteiger partial charge >= 0.3 is 0 Å². The first-order chi connectivity index (χ1) is 25.9. The third-order valence-electron chi connectivity index (χ3n) is 11.5. The lowest BCUT2D eigenvalue weighted by atomic mass is 9.86. The number of fused-ring (bicyclic) bond motifs is 3. The molecule has 3 aliphatic heterocycles. The Bertz CT molecular complexity index is 2130. The van der Waals surface area contributed by atoms with E-state index in [0.29, 0.717) is 41.0 Å². The lowest BCUT2D eigenvalue weighted by molar-refractivity contribution is -0.00775. The Balaban J connectivity index is 0.984. The van der Waals surface area contributed by atoms with Crippen molar-refractivity contribution in [2.45, 2.75) is 77.7 Å². The summed E-state index contributed by atoms with van der Waals surface area (Å²) >= 11 is 6.88. The summed E-state index contributed by atoms with van der Waals surface area (Å²) in [7, 11) is 0.